The van der Waals surface area contributed by atoms with Gasteiger partial charge in [0.1, 0.15) is 0 Å². The summed E-state index contributed by atoms with van der Waals surface area (Å²) >= 11 is 0. The number of likely N-dealkylation sites (tertiary alicyclic amines) is 1. The Hall–Kier alpha value is -0.570. The Morgan fingerprint density at radius 1 is 0.818 bits per heavy atom. The highest BCUT2D eigenvalue weighted by Crippen LogP contribution is 2.26. The van der Waals surface area contributed by atoms with Crippen molar-refractivity contribution in [2.75, 3.05) is 13.1 Å². The van der Waals surface area contributed by atoms with Crippen LogP contribution in [0.4, 0.5) is 0 Å². The summed E-state index contributed by atoms with van der Waals surface area (Å²) in [5.41, 5.74) is 0. The van der Waals surface area contributed by atoms with Crippen LogP contribution in [-0.2, 0) is 4.79 Å². The van der Waals surface area contributed by atoms with Gasteiger partial charge < -0.3 is 10.2 Å². The molecule has 3 heteroatoms. The SMILES string of the molecule is O=C1CCC(NC2CCCCC2)CCN1CC1CCCCC1. The zero-order chi connectivity index (χ0) is 15.2. The molecule has 22 heavy (non-hydrogen) atoms. The van der Waals surface area contributed by atoms with Crippen molar-refractivity contribution in [1.82, 2.24) is 10.2 Å². The third-order valence-electron chi connectivity index (χ3n) is 6.09. The summed E-state index contributed by atoms with van der Waals surface area (Å²) < 4.78 is 0. The number of hydrogen-bond donors (Lipinski definition) is 1. The van der Waals surface area contributed by atoms with Crippen molar-refractivity contribution in [3.8, 4) is 0 Å². The van der Waals surface area contributed by atoms with Crippen molar-refractivity contribution in [3.63, 3.8) is 0 Å². The van der Waals surface area contributed by atoms with Crippen molar-refractivity contribution in [3.05, 3.63) is 0 Å². The van der Waals surface area contributed by atoms with Gasteiger partial charge in [-0.1, -0.05) is 38.5 Å². The Labute approximate surface area is 136 Å². The van der Waals surface area contributed by atoms with Crippen LogP contribution < -0.4 is 5.32 Å². The van der Waals surface area contributed by atoms with Crippen LogP contribution in [0.5, 0.6) is 0 Å². The number of amides is 1. The van der Waals surface area contributed by atoms with Crippen molar-refractivity contribution in [1.29, 1.82) is 0 Å². The summed E-state index contributed by atoms with van der Waals surface area (Å²) in [7, 11) is 0. The summed E-state index contributed by atoms with van der Waals surface area (Å²) in [6, 6.07) is 1.29. The lowest BCUT2D eigenvalue weighted by Crippen LogP contribution is -2.40. The molecule has 126 valence electrons. The van der Waals surface area contributed by atoms with E-state index in [0.29, 0.717) is 11.9 Å². The van der Waals surface area contributed by atoms with E-state index >= 15 is 0 Å². The number of carbonyl (C=O) groups excluding carboxylic acids is 1. The van der Waals surface area contributed by atoms with Crippen LogP contribution in [0.2, 0.25) is 0 Å². The van der Waals surface area contributed by atoms with Crippen molar-refractivity contribution in [2.24, 2.45) is 5.92 Å². The lowest BCUT2D eigenvalue weighted by molar-refractivity contribution is -0.131. The molecule has 2 aliphatic carbocycles. The second kappa shape index (κ2) is 8.33. The minimum Gasteiger partial charge on any atom is -0.342 e. The summed E-state index contributed by atoms with van der Waals surface area (Å²) in [5.74, 6) is 1.19. The van der Waals surface area contributed by atoms with E-state index in [9.17, 15) is 4.79 Å². The summed E-state index contributed by atoms with van der Waals surface area (Å²) in [4.78, 5) is 14.6. The Morgan fingerprint density at radius 2 is 1.45 bits per heavy atom. The maximum absolute atomic E-state index is 12.4. The Kier molecular flexibility index (Phi) is 6.17. The normalized spacial score (nSPS) is 29.5. The summed E-state index contributed by atoms with van der Waals surface area (Å²) in [6.45, 7) is 2.02. The zero-order valence-electron chi connectivity index (χ0n) is 14.2. The Morgan fingerprint density at radius 3 is 2.18 bits per heavy atom. The summed E-state index contributed by atoms with van der Waals surface area (Å²) in [5, 5.41) is 3.86. The molecule has 2 saturated carbocycles. The minimum absolute atomic E-state index is 0.415. The van der Waals surface area contributed by atoms with E-state index in [0.717, 1.165) is 44.3 Å². The molecule has 3 rings (SSSR count). The van der Waals surface area contributed by atoms with E-state index in [2.05, 4.69) is 10.2 Å². The van der Waals surface area contributed by atoms with E-state index < -0.39 is 0 Å². The molecule has 1 aliphatic heterocycles. The standard InChI is InChI=1S/C19H34N2O/c22-19-12-11-18(20-17-9-5-2-6-10-17)13-14-21(19)15-16-7-3-1-4-8-16/h16-18,20H,1-15H2. The van der Waals surface area contributed by atoms with Gasteiger partial charge in [0.2, 0.25) is 5.91 Å². The maximum Gasteiger partial charge on any atom is 0.222 e. The fraction of sp³-hybridized carbons (Fsp3) is 0.947. The van der Waals surface area contributed by atoms with Crippen LogP contribution >= 0.6 is 0 Å². The van der Waals surface area contributed by atoms with Crippen LogP contribution in [0, 0.1) is 5.92 Å². The third kappa shape index (κ3) is 4.71. The van der Waals surface area contributed by atoms with Crippen LogP contribution in [0.15, 0.2) is 0 Å². The molecule has 0 aromatic heterocycles. The molecule has 3 aliphatic rings. The fourth-order valence-electron chi connectivity index (χ4n) is 4.68. The number of nitrogens with one attached hydrogen (secondary N) is 1. The predicted octanol–water partition coefficient (Wildman–Crippen LogP) is 3.87. The third-order valence-corrected chi connectivity index (χ3v) is 6.09. The first-order chi connectivity index (χ1) is 10.8. The van der Waals surface area contributed by atoms with Gasteiger partial charge in [0.05, 0.1) is 0 Å². The molecule has 1 saturated heterocycles. The van der Waals surface area contributed by atoms with Crippen LogP contribution in [0.3, 0.4) is 0 Å². The number of nitrogens with zero attached hydrogens (tertiary/aromatic N) is 1. The van der Waals surface area contributed by atoms with Crippen molar-refractivity contribution >= 4 is 5.91 Å². The van der Waals surface area contributed by atoms with Gasteiger partial charge in [0.15, 0.2) is 0 Å². The van der Waals surface area contributed by atoms with Gasteiger partial charge in [-0.05, 0) is 44.4 Å². The number of rotatable bonds is 4. The molecule has 1 unspecified atom stereocenters. The molecule has 1 amide bonds. The molecule has 0 radical (unpaired) electrons. The zero-order valence-corrected chi connectivity index (χ0v) is 14.2. The van der Waals surface area contributed by atoms with E-state index in [1.807, 2.05) is 0 Å². The Bertz CT molecular complexity index is 345. The van der Waals surface area contributed by atoms with E-state index in [4.69, 9.17) is 0 Å². The fourth-order valence-corrected chi connectivity index (χ4v) is 4.68. The van der Waals surface area contributed by atoms with Gasteiger partial charge in [-0.2, -0.15) is 0 Å². The quantitative estimate of drug-likeness (QED) is 0.855. The second-order valence-corrected chi connectivity index (χ2v) is 7.87. The first-order valence-electron chi connectivity index (χ1n) is 9.85. The predicted molar refractivity (Wildman–Crippen MR) is 90.8 cm³/mol. The second-order valence-electron chi connectivity index (χ2n) is 7.87. The van der Waals surface area contributed by atoms with E-state index in [-0.39, 0.29) is 0 Å². The molecule has 0 bridgehead atoms. The molecule has 3 nitrogen and oxygen atoms in total. The Balaban J connectivity index is 1.45. The van der Waals surface area contributed by atoms with Gasteiger partial charge in [-0.25, -0.2) is 0 Å². The van der Waals surface area contributed by atoms with Crippen molar-refractivity contribution in [2.45, 2.75) is 95.6 Å². The maximum atomic E-state index is 12.4. The average molecular weight is 306 g/mol. The first-order valence-corrected chi connectivity index (χ1v) is 9.85. The van der Waals surface area contributed by atoms with Crippen LogP contribution in [0.25, 0.3) is 0 Å². The van der Waals surface area contributed by atoms with Crippen LogP contribution in [0.1, 0.15) is 83.5 Å². The van der Waals surface area contributed by atoms with E-state index in [1.165, 1.54) is 64.2 Å². The van der Waals surface area contributed by atoms with Gasteiger partial charge >= 0.3 is 0 Å². The number of hydrogen-bond acceptors (Lipinski definition) is 2. The molecule has 0 aromatic rings. The van der Waals surface area contributed by atoms with Crippen LogP contribution in [-0.4, -0.2) is 36.0 Å². The lowest BCUT2D eigenvalue weighted by atomic mass is 9.89. The van der Waals surface area contributed by atoms with Gasteiger partial charge in [0.25, 0.3) is 0 Å². The van der Waals surface area contributed by atoms with Gasteiger partial charge in [-0.15, -0.1) is 0 Å². The average Bonchev–Trinajstić information content (AvgIpc) is 2.73. The topological polar surface area (TPSA) is 32.3 Å². The highest BCUT2D eigenvalue weighted by molar-refractivity contribution is 5.76. The largest absolute Gasteiger partial charge is 0.342 e. The molecule has 1 N–H and O–H groups in total. The highest BCUT2D eigenvalue weighted by atomic mass is 16.2. The smallest absolute Gasteiger partial charge is 0.222 e. The lowest BCUT2D eigenvalue weighted by Gasteiger charge is -2.30. The first kappa shape index (κ1) is 16.3. The molecular formula is C19H34N2O. The number of carbonyl (C=O) groups is 1. The molecule has 1 atom stereocenters. The molecule has 0 aromatic carbocycles. The molecule has 0 spiro atoms. The minimum atomic E-state index is 0.415. The monoisotopic (exact) mass is 306 g/mol. The highest BCUT2D eigenvalue weighted by Gasteiger charge is 2.26. The summed E-state index contributed by atoms with van der Waals surface area (Å²) in [6.07, 6.45) is 16.7. The van der Waals surface area contributed by atoms with Gasteiger partial charge in [-0.3, -0.25) is 4.79 Å². The van der Waals surface area contributed by atoms with Gasteiger partial charge in [0, 0.05) is 31.6 Å². The molecular weight excluding hydrogens is 272 g/mol. The molecule has 1 heterocycles. The molecule has 3 fully saturated rings. The van der Waals surface area contributed by atoms with Crippen molar-refractivity contribution < 1.29 is 4.79 Å². The van der Waals surface area contributed by atoms with E-state index in [1.54, 1.807) is 0 Å².